The van der Waals surface area contributed by atoms with E-state index in [1.807, 2.05) is 6.92 Å². The predicted molar refractivity (Wildman–Crippen MR) is 69.4 cm³/mol. The number of dihydropyridines is 1. The lowest BCUT2D eigenvalue weighted by Crippen LogP contribution is -2.58. The van der Waals surface area contributed by atoms with E-state index in [9.17, 15) is 4.39 Å². The molecule has 2 atom stereocenters. The highest BCUT2D eigenvalue weighted by molar-refractivity contribution is 5.34. The van der Waals surface area contributed by atoms with Crippen molar-refractivity contribution in [1.29, 1.82) is 0 Å². The van der Waals surface area contributed by atoms with Gasteiger partial charge in [-0.25, -0.2) is 4.39 Å². The lowest BCUT2D eigenvalue weighted by molar-refractivity contribution is 0.380. The van der Waals surface area contributed by atoms with Crippen molar-refractivity contribution in [3.63, 3.8) is 0 Å². The lowest BCUT2D eigenvalue weighted by atomic mass is 9.86. The molecule has 1 heterocycles. The molecule has 0 fully saturated rings. The van der Waals surface area contributed by atoms with E-state index < -0.39 is 5.66 Å². The number of rotatable bonds is 2. The Morgan fingerprint density at radius 1 is 1.22 bits per heavy atom. The molecule has 0 amide bonds. The molecule has 18 heavy (non-hydrogen) atoms. The summed E-state index contributed by atoms with van der Waals surface area (Å²) < 4.78 is 12.9. The first kappa shape index (κ1) is 12.4. The zero-order valence-corrected chi connectivity index (χ0v) is 10.2. The molecule has 1 aliphatic heterocycles. The third-order valence-corrected chi connectivity index (χ3v) is 3.29. The third-order valence-electron chi connectivity index (χ3n) is 3.29. The minimum absolute atomic E-state index is 0.0824. The molecule has 0 aromatic heterocycles. The summed E-state index contributed by atoms with van der Waals surface area (Å²) in [6.07, 6.45) is 3.46. The lowest BCUT2D eigenvalue weighted by Gasteiger charge is -2.37. The van der Waals surface area contributed by atoms with Crippen LogP contribution in [0.4, 0.5) is 4.39 Å². The van der Waals surface area contributed by atoms with Crippen molar-refractivity contribution in [3.05, 3.63) is 59.3 Å². The Labute approximate surface area is 105 Å². The number of nitrogens with two attached hydrogens (primary N) is 3. The maximum Gasteiger partial charge on any atom is 0.123 e. The molecule has 0 radical (unpaired) electrons. The molecule has 0 bridgehead atoms. The van der Waals surface area contributed by atoms with Crippen molar-refractivity contribution >= 4 is 0 Å². The quantitative estimate of drug-likeness (QED) is 0.624. The Morgan fingerprint density at radius 2 is 1.83 bits per heavy atom. The fourth-order valence-corrected chi connectivity index (χ4v) is 1.94. The van der Waals surface area contributed by atoms with E-state index in [0.29, 0.717) is 11.5 Å². The molecule has 2 rings (SSSR count). The van der Waals surface area contributed by atoms with E-state index in [4.69, 9.17) is 17.2 Å². The zero-order chi connectivity index (χ0) is 13.3. The van der Waals surface area contributed by atoms with Crippen LogP contribution in [0.2, 0.25) is 0 Å². The maximum atomic E-state index is 12.9. The SMILES string of the molecule is C[C@@H](c1ccc(F)cc1)C1(N)C=CC(N)=C(N)N1. The molecule has 1 aliphatic rings. The van der Waals surface area contributed by atoms with E-state index in [1.54, 1.807) is 24.3 Å². The van der Waals surface area contributed by atoms with Gasteiger partial charge in [0.15, 0.2) is 0 Å². The van der Waals surface area contributed by atoms with Crippen molar-refractivity contribution in [2.24, 2.45) is 17.2 Å². The minimum atomic E-state index is -0.829. The number of nitrogens with one attached hydrogen (secondary N) is 1. The fraction of sp³-hybridized carbons (Fsp3) is 0.231. The summed E-state index contributed by atoms with van der Waals surface area (Å²) in [6.45, 7) is 1.94. The summed E-state index contributed by atoms with van der Waals surface area (Å²) in [6, 6.07) is 6.24. The van der Waals surface area contributed by atoms with Crippen LogP contribution in [0.3, 0.4) is 0 Å². The molecule has 5 heteroatoms. The van der Waals surface area contributed by atoms with Gasteiger partial charge in [0.25, 0.3) is 0 Å². The molecule has 0 spiro atoms. The van der Waals surface area contributed by atoms with E-state index in [0.717, 1.165) is 5.56 Å². The topological polar surface area (TPSA) is 90.1 Å². The molecule has 0 aliphatic carbocycles. The maximum absolute atomic E-state index is 12.9. The smallest absolute Gasteiger partial charge is 0.123 e. The molecular formula is C13H17FN4. The number of halogens is 1. The number of hydrogen-bond acceptors (Lipinski definition) is 4. The molecule has 1 aromatic carbocycles. The van der Waals surface area contributed by atoms with E-state index in [1.165, 1.54) is 12.1 Å². The normalized spacial score (nSPS) is 24.8. The Hall–Kier alpha value is -2.01. The van der Waals surface area contributed by atoms with Gasteiger partial charge in [-0.05, 0) is 29.8 Å². The van der Waals surface area contributed by atoms with Crippen LogP contribution in [-0.4, -0.2) is 5.66 Å². The van der Waals surface area contributed by atoms with Crippen LogP contribution in [0.1, 0.15) is 18.4 Å². The number of benzene rings is 1. The summed E-state index contributed by atoms with van der Waals surface area (Å²) >= 11 is 0. The van der Waals surface area contributed by atoms with Gasteiger partial charge in [0.05, 0.1) is 5.70 Å². The van der Waals surface area contributed by atoms with Gasteiger partial charge >= 0.3 is 0 Å². The highest BCUT2D eigenvalue weighted by Crippen LogP contribution is 2.28. The van der Waals surface area contributed by atoms with Crippen molar-refractivity contribution in [2.45, 2.75) is 18.5 Å². The van der Waals surface area contributed by atoms with Crippen molar-refractivity contribution in [1.82, 2.24) is 5.32 Å². The summed E-state index contributed by atoms with van der Waals surface area (Å²) in [5, 5.41) is 2.98. The summed E-state index contributed by atoms with van der Waals surface area (Å²) in [4.78, 5) is 0. The Kier molecular flexibility index (Phi) is 3.00. The van der Waals surface area contributed by atoms with Crippen molar-refractivity contribution < 1.29 is 4.39 Å². The average molecular weight is 248 g/mol. The molecule has 1 aromatic rings. The van der Waals surface area contributed by atoms with E-state index in [-0.39, 0.29) is 11.7 Å². The monoisotopic (exact) mass is 248 g/mol. The fourth-order valence-electron chi connectivity index (χ4n) is 1.94. The second-order valence-electron chi connectivity index (χ2n) is 4.53. The second-order valence-corrected chi connectivity index (χ2v) is 4.53. The molecule has 96 valence electrons. The van der Waals surface area contributed by atoms with Crippen LogP contribution < -0.4 is 22.5 Å². The van der Waals surface area contributed by atoms with Gasteiger partial charge in [-0.2, -0.15) is 0 Å². The number of hydrogen-bond donors (Lipinski definition) is 4. The van der Waals surface area contributed by atoms with Crippen LogP contribution in [0.25, 0.3) is 0 Å². The molecule has 7 N–H and O–H groups in total. The van der Waals surface area contributed by atoms with Crippen LogP contribution in [0, 0.1) is 5.82 Å². The first-order valence-corrected chi connectivity index (χ1v) is 5.69. The highest BCUT2D eigenvalue weighted by Gasteiger charge is 2.32. The highest BCUT2D eigenvalue weighted by atomic mass is 19.1. The van der Waals surface area contributed by atoms with Gasteiger partial charge in [0.1, 0.15) is 17.3 Å². The molecular weight excluding hydrogens is 231 g/mol. The van der Waals surface area contributed by atoms with Crippen molar-refractivity contribution in [2.75, 3.05) is 0 Å². The van der Waals surface area contributed by atoms with Crippen LogP contribution in [-0.2, 0) is 0 Å². The standard InChI is InChI=1S/C13H17FN4/c1-8(9-2-4-10(14)5-3-9)13(17)7-6-11(15)12(16)18-13/h2-8,18H,15-17H2,1H3/t8-,13?/m0/s1. The van der Waals surface area contributed by atoms with Crippen LogP contribution in [0.5, 0.6) is 0 Å². The molecule has 0 saturated carbocycles. The minimum Gasteiger partial charge on any atom is -0.396 e. The van der Waals surface area contributed by atoms with E-state index >= 15 is 0 Å². The van der Waals surface area contributed by atoms with Gasteiger partial charge in [-0.1, -0.05) is 19.1 Å². The summed E-state index contributed by atoms with van der Waals surface area (Å²) in [7, 11) is 0. The first-order valence-electron chi connectivity index (χ1n) is 5.69. The summed E-state index contributed by atoms with van der Waals surface area (Å²) in [5.74, 6) is 0.00258. The van der Waals surface area contributed by atoms with Gasteiger partial charge in [0, 0.05) is 5.92 Å². The number of allylic oxidation sites excluding steroid dienone is 1. The average Bonchev–Trinajstić information content (AvgIpc) is 2.34. The molecule has 0 saturated heterocycles. The Balaban J connectivity index is 2.27. The largest absolute Gasteiger partial charge is 0.396 e. The Bertz CT molecular complexity index is 506. The van der Waals surface area contributed by atoms with Crippen molar-refractivity contribution in [3.8, 4) is 0 Å². The van der Waals surface area contributed by atoms with Gasteiger partial charge < -0.3 is 22.5 Å². The van der Waals surface area contributed by atoms with Crippen LogP contribution >= 0.6 is 0 Å². The zero-order valence-electron chi connectivity index (χ0n) is 10.2. The molecule has 1 unspecified atom stereocenters. The van der Waals surface area contributed by atoms with Gasteiger partial charge in [-0.15, -0.1) is 0 Å². The third kappa shape index (κ3) is 2.17. The van der Waals surface area contributed by atoms with Gasteiger partial charge in [0.2, 0.25) is 0 Å². The predicted octanol–water partition coefficient (Wildman–Crippen LogP) is 0.830. The van der Waals surface area contributed by atoms with Gasteiger partial charge in [-0.3, -0.25) is 0 Å². The second kappa shape index (κ2) is 4.34. The first-order chi connectivity index (χ1) is 8.42. The van der Waals surface area contributed by atoms with Crippen LogP contribution in [0.15, 0.2) is 47.9 Å². The molecule has 4 nitrogen and oxygen atoms in total. The van der Waals surface area contributed by atoms with E-state index in [2.05, 4.69) is 5.32 Å². The Morgan fingerprint density at radius 3 is 2.39 bits per heavy atom. The summed E-state index contributed by atoms with van der Waals surface area (Å²) in [5.41, 5.74) is 18.2.